The van der Waals surface area contributed by atoms with Crippen LogP contribution in [0.15, 0.2) is 23.9 Å². The molecular weight excluding hydrogens is 266 g/mol. The average molecular weight is 285 g/mol. The number of rotatable bonds is 6. The molecule has 2 N–H and O–H groups in total. The minimum absolute atomic E-state index is 0.0703. The molecule has 1 fully saturated rings. The summed E-state index contributed by atoms with van der Waals surface area (Å²) < 4.78 is 9.86. The van der Waals surface area contributed by atoms with Crippen LogP contribution < -0.4 is 0 Å². The highest BCUT2D eigenvalue weighted by Gasteiger charge is 2.38. The summed E-state index contributed by atoms with van der Waals surface area (Å²) in [6.07, 6.45) is 4.29. The van der Waals surface area contributed by atoms with Crippen LogP contribution in [-0.2, 0) is 19.1 Å². The zero-order valence-electron chi connectivity index (χ0n) is 11.5. The SMILES string of the molecule is CC1(C)OC(=O)C(=C/C=C/N(CCO)CCO)C(=O)O1. The van der Waals surface area contributed by atoms with E-state index < -0.39 is 17.7 Å². The van der Waals surface area contributed by atoms with E-state index in [1.54, 1.807) is 11.1 Å². The number of carbonyl (C=O) groups excluding carboxylic acids is 2. The van der Waals surface area contributed by atoms with Crippen molar-refractivity contribution in [1.29, 1.82) is 0 Å². The van der Waals surface area contributed by atoms with Crippen LogP contribution >= 0.6 is 0 Å². The second kappa shape index (κ2) is 7.06. The number of allylic oxidation sites excluding steroid dienone is 2. The largest absolute Gasteiger partial charge is 0.419 e. The van der Waals surface area contributed by atoms with E-state index in [2.05, 4.69) is 0 Å². The van der Waals surface area contributed by atoms with Gasteiger partial charge in [-0.1, -0.05) is 0 Å². The van der Waals surface area contributed by atoms with Crippen molar-refractivity contribution in [2.45, 2.75) is 19.6 Å². The summed E-state index contributed by atoms with van der Waals surface area (Å²) in [5, 5.41) is 17.7. The Morgan fingerprint density at radius 1 is 1.10 bits per heavy atom. The van der Waals surface area contributed by atoms with Crippen molar-refractivity contribution in [3.05, 3.63) is 23.9 Å². The van der Waals surface area contributed by atoms with Gasteiger partial charge in [0.25, 0.3) is 5.79 Å². The molecule has 0 bridgehead atoms. The van der Waals surface area contributed by atoms with Gasteiger partial charge >= 0.3 is 11.9 Å². The number of cyclic esters (lactones) is 2. The number of nitrogens with zero attached hydrogens (tertiary/aromatic N) is 1. The van der Waals surface area contributed by atoms with Crippen LogP contribution in [0.5, 0.6) is 0 Å². The molecule has 112 valence electrons. The first-order valence-electron chi connectivity index (χ1n) is 6.20. The zero-order chi connectivity index (χ0) is 15.2. The molecule has 0 atom stereocenters. The second-order valence-corrected chi connectivity index (χ2v) is 4.58. The number of aliphatic hydroxyl groups excluding tert-OH is 2. The van der Waals surface area contributed by atoms with E-state index in [-0.39, 0.29) is 18.8 Å². The topological polar surface area (TPSA) is 96.3 Å². The van der Waals surface area contributed by atoms with Crippen molar-refractivity contribution in [2.24, 2.45) is 0 Å². The van der Waals surface area contributed by atoms with Gasteiger partial charge in [-0.3, -0.25) is 0 Å². The molecule has 0 aromatic carbocycles. The first-order chi connectivity index (χ1) is 9.39. The Morgan fingerprint density at radius 2 is 1.60 bits per heavy atom. The fraction of sp³-hybridized carbons (Fsp3) is 0.538. The van der Waals surface area contributed by atoms with Gasteiger partial charge in [0.05, 0.1) is 13.2 Å². The van der Waals surface area contributed by atoms with Gasteiger partial charge in [-0.2, -0.15) is 0 Å². The van der Waals surface area contributed by atoms with E-state index in [9.17, 15) is 9.59 Å². The fourth-order valence-corrected chi connectivity index (χ4v) is 1.58. The predicted molar refractivity (Wildman–Crippen MR) is 69.2 cm³/mol. The molecule has 0 aromatic rings. The van der Waals surface area contributed by atoms with Gasteiger partial charge in [-0.25, -0.2) is 9.59 Å². The molecule has 0 aliphatic carbocycles. The fourth-order valence-electron chi connectivity index (χ4n) is 1.58. The summed E-state index contributed by atoms with van der Waals surface area (Å²) >= 11 is 0. The van der Waals surface area contributed by atoms with E-state index in [4.69, 9.17) is 19.7 Å². The number of hydrogen-bond acceptors (Lipinski definition) is 7. The van der Waals surface area contributed by atoms with Crippen LogP contribution in [0.25, 0.3) is 0 Å². The highest BCUT2D eigenvalue weighted by Crippen LogP contribution is 2.22. The van der Waals surface area contributed by atoms with Gasteiger partial charge in [-0.15, -0.1) is 0 Å². The van der Waals surface area contributed by atoms with Crippen LogP contribution in [0.1, 0.15) is 13.8 Å². The lowest BCUT2D eigenvalue weighted by molar-refractivity contribution is -0.222. The highest BCUT2D eigenvalue weighted by molar-refractivity contribution is 6.15. The number of aliphatic hydroxyl groups is 2. The van der Waals surface area contributed by atoms with Gasteiger partial charge in [0.2, 0.25) is 0 Å². The molecule has 0 saturated carbocycles. The third-order valence-corrected chi connectivity index (χ3v) is 2.45. The molecule has 1 aliphatic heterocycles. The molecule has 1 aliphatic rings. The maximum Gasteiger partial charge on any atom is 0.348 e. The van der Waals surface area contributed by atoms with Gasteiger partial charge in [0, 0.05) is 26.9 Å². The third kappa shape index (κ3) is 4.67. The van der Waals surface area contributed by atoms with Gasteiger partial charge in [-0.05, 0) is 18.4 Å². The Kier molecular flexibility index (Phi) is 5.72. The number of carbonyl (C=O) groups is 2. The molecule has 20 heavy (non-hydrogen) atoms. The Labute approximate surface area is 117 Å². The molecule has 0 aromatic heterocycles. The molecule has 0 spiro atoms. The minimum atomic E-state index is -1.25. The monoisotopic (exact) mass is 285 g/mol. The van der Waals surface area contributed by atoms with Gasteiger partial charge in [0.15, 0.2) is 0 Å². The summed E-state index contributed by atoms with van der Waals surface area (Å²) in [6, 6.07) is 0. The Balaban J connectivity index is 2.73. The predicted octanol–water partition coefficient (Wildman–Crippen LogP) is -0.451. The third-order valence-electron chi connectivity index (χ3n) is 2.45. The first-order valence-corrected chi connectivity index (χ1v) is 6.20. The lowest BCUT2D eigenvalue weighted by Crippen LogP contribution is -2.41. The van der Waals surface area contributed by atoms with Crippen LogP contribution in [0.3, 0.4) is 0 Å². The quantitative estimate of drug-likeness (QED) is 0.387. The smallest absolute Gasteiger partial charge is 0.348 e. The van der Waals surface area contributed by atoms with Crippen molar-refractivity contribution in [3.8, 4) is 0 Å². The lowest BCUT2D eigenvalue weighted by atomic mass is 10.2. The minimum Gasteiger partial charge on any atom is -0.419 e. The van der Waals surface area contributed by atoms with E-state index in [0.29, 0.717) is 13.1 Å². The number of ether oxygens (including phenoxy) is 2. The molecule has 0 radical (unpaired) electrons. The molecule has 0 unspecified atom stereocenters. The van der Waals surface area contributed by atoms with Crippen molar-refractivity contribution in [3.63, 3.8) is 0 Å². The molecule has 1 heterocycles. The van der Waals surface area contributed by atoms with Crippen molar-refractivity contribution < 1.29 is 29.3 Å². The molecule has 1 saturated heterocycles. The average Bonchev–Trinajstić information content (AvgIpc) is 2.31. The maximum atomic E-state index is 11.6. The second-order valence-electron chi connectivity index (χ2n) is 4.58. The highest BCUT2D eigenvalue weighted by atomic mass is 16.7. The summed E-state index contributed by atoms with van der Waals surface area (Å²) in [7, 11) is 0. The van der Waals surface area contributed by atoms with E-state index in [1.165, 1.54) is 26.0 Å². The van der Waals surface area contributed by atoms with Gasteiger partial charge < -0.3 is 24.6 Å². The van der Waals surface area contributed by atoms with E-state index in [0.717, 1.165) is 0 Å². The van der Waals surface area contributed by atoms with Crippen molar-refractivity contribution in [1.82, 2.24) is 4.90 Å². The summed E-state index contributed by atoms with van der Waals surface area (Å²) in [5.41, 5.74) is -0.200. The first kappa shape index (κ1) is 16.2. The standard InChI is InChI=1S/C13H19NO6/c1-13(2)19-11(17)10(12(18)20-13)4-3-5-14(6-8-15)7-9-16/h3-5,15-16H,6-9H2,1-2H3/b5-3+. The molecular formula is C13H19NO6. The maximum absolute atomic E-state index is 11.6. The summed E-state index contributed by atoms with van der Waals surface area (Å²) in [6.45, 7) is 3.47. The van der Waals surface area contributed by atoms with Crippen LogP contribution in [-0.4, -0.2) is 59.1 Å². The van der Waals surface area contributed by atoms with Gasteiger partial charge in [0.1, 0.15) is 5.57 Å². The molecule has 1 rings (SSSR count). The van der Waals surface area contributed by atoms with Crippen molar-refractivity contribution >= 4 is 11.9 Å². The Bertz CT molecular complexity index is 399. The molecule has 7 nitrogen and oxygen atoms in total. The van der Waals surface area contributed by atoms with Crippen molar-refractivity contribution in [2.75, 3.05) is 26.3 Å². The molecule has 7 heteroatoms. The zero-order valence-corrected chi connectivity index (χ0v) is 11.5. The summed E-state index contributed by atoms with van der Waals surface area (Å²) in [5.74, 6) is -2.74. The summed E-state index contributed by atoms with van der Waals surface area (Å²) in [4.78, 5) is 24.9. The van der Waals surface area contributed by atoms with E-state index in [1.807, 2.05) is 0 Å². The molecule has 0 amide bonds. The van der Waals surface area contributed by atoms with E-state index >= 15 is 0 Å². The van der Waals surface area contributed by atoms with Crippen LogP contribution in [0.2, 0.25) is 0 Å². The Hall–Kier alpha value is -1.86. The van der Waals surface area contributed by atoms with Crippen LogP contribution in [0, 0.1) is 0 Å². The number of esters is 2. The normalized spacial score (nSPS) is 17.9. The number of hydrogen-bond donors (Lipinski definition) is 2. The Morgan fingerprint density at radius 3 is 2.05 bits per heavy atom. The lowest BCUT2D eigenvalue weighted by Gasteiger charge is -2.29. The van der Waals surface area contributed by atoms with Crippen LogP contribution in [0.4, 0.5) is 0 Å².